The molecular weight excluding hydrogens is 250 g/mol. The number of aromatic nitrogens is 1. The predicted octanol–water partition coefficient (Wildman–Crippen LogP) is 3.60. The van der Waals surface area contributed by atoms with Crippen LogP contribution < -0.4 is 4.74 Å². The molecule has 0 atom stereocenters. The monoisotopic (exact) mass is 263 g/mol. The smallest absolute Gasteiger partial charge is 0.213 e. The molecule has 0 unspecified atom stereocenters. The third-order valence-corrected chi connectivity index (χ3v) is 3.79. The summed E-state index contributed by atoms with van der Waals surface area (Å²) in [6.07, 6.45) is 0. The van der Waals surface area contributed by atoms with Gasteiger partial charge >= 0.3 is 0 Å². The maximum Gasteiger partial charge on any atom is 0.213 e. The minimum Gasteiger partial charge on any atom is -0.488 e. The van der Waals surface area contributed by atoms with Gasteiger partial charge in [-0.15, -0.1) is 0 Å². The van der Waals surface area contributed by atoms with E-state index in [1.54, 1.807) is 0 Å². The van der Waals surface area contributed by atoms with Crippen molar-refractivity contribution >= 4 is 16.7 Å². The quantitative estimate of drug-likeness (QED) is 0.673. The number of benzene rings is 2. The Bertz CT molecular complexity index is 845. The van der Waals surface area contributed by atoms with Gasteiger partial charge in [-0.05, 0) is 25.1 Å². The molecule has 2 heterocycles. The highest BCUT2D eigenvalue weighted by Gasteiger charge is 2.25. The van der Waals surface area contributed by atoms with Gasteiger partial charge in [0.05, 0.1) is 11.3 Å². The Labute approximate surface area is 116 Å². The van der Waals surface area contributed by atoms with Gasteiger partial charge in [0, 0.05) is 16.5 Å². The molecule has 0 fully saturated rings. The number of hydrogen-bond donors (Lipinski definition) is 1. The van der Waals surface area contributed by atoms with Crippen molar-refractivity contribution in [3.8, 4) is 5.75 Å². The fraction of sp³-hybridized carbons (Fsp3) is 0.118. The maximum absolute atomic E-state index is 12.7. The molecule has 3 aromatic rings. The van der Waals surface area contributed by atoms with Crippen molar-refractivity contribution in [1.82, 2.24) is 4.98 Å². The van der Waals surface area contributed by atoms with E-state index in [9.17, 15) is 4.79 Å². The summed E-state index contributed by atoms with van der Waals surface area (Å²) in [7, 11) is 0. The summed E-state index contributed by atoms with van der Waals surface area (Å²) in [4.78, 5) is 16.0. The van der Waals surface area contributed by atoms with Crippen LogP contribution in [-0.2, 0) is 6.61 Å². The fourth-order valence-corrected chi connectivity index (χ4v) is 2.78. The lowest BCUT2D eigenvalue weighted by Crippen LogP contribution is -2.02. The summed E-state index contributed by atoms with van der Waals surface area (Å²) >= 11 is 0. The number of carbonyl (C=O) groups excluding carboxylic acids is 1. The third-order valence-electron chi connectivity index (χ3n) is 3.79. The molecule has 1 aliphatic rings. The molecular formula is C17H13NO2. The zero-order chi connectivity index (χ0) is 13.7. The third kappa shape index (κ3) is 1.50. The number of ether oxygens (including phenoxy) is 1. The Morgan fingerprint density at radius 1 is 1.15 bits per heavy atom. The molecule has 1 aromatic heterocycles. The van der Waals surface area contributed by atoms with E-state index in [1.807, 2.05) is 49.4 Å². The Balaban J connectivity index is 2.00. The van der Waals surface area contributed by atoms with Gasteiger partial charge < -0.3 is 9.72 Å². The van der Waals surface area contributed by atoms with Crippen LogP contribution in [0.2, 0.25) is 0 Å². The van der Waals surface area contributed by atoms with Crippen LogP contribution in [0.25, 0.3) is 10.9 Å². The molecule has 2 aromatic carbocycles. The SMILES string of the molecule is Cc1ccc2c(c1)C(=O)c1[nH]c3ccccc3c1CO2. The van der Waals surface area contributed by atoms with Crippen LogP contribution in [0.1, 0.15) is 27.2 Å². The maximum atomic E-state index is 12.7. The summed E-state index contributed by atoms with van der Waals surface area (Å²) in [5, 5.41) is 1.06. The van der Waals surface area contributed by atoms with Gasteiger partial charge in [0.1, 0.15) is 12.4 Å². The average molecular weight is 263 g/mol. The first-order valence-electron chi connectivity index (χ1n) is 6.62. The molecule has 4 rings (SSSR count). The zero-order valence-corrected chi connectivity index (χ0v) is 11.1. The van der Waals surface area contributed by atoms with Crippen molar-refractivity contribution in [2.24, 2.45) is 0 Å². The highest BCUT2D eigenvalue weighted by molar-refractivity contribution is 6.13. The van der Waals surface area contributed by atoms with Crippen molar-refractivity contribution < 1.29 is 9.53 Å². The molecule has 1 aliphatic heterocycles. The normalized spacial score (nSPS) is 13.6. The van der Waals surface area contributed by atoms with Crippen molar-refractivity contribution in [3.05, 3.63) is 64.8 Å². The summed E-state index contributed by atoms with van der Waals surface area (Å²) in [6, 6.07) is 13.7. The molecule has 3 heteroatoms. The second-order valence-corrected chi connectivity index (χ2v) is 5.14. The first-order chi connectivity index (χ1) is 9.74. The van der Waals surface area contributed by atoms with Crippen LogP contribution in [0.4, 0.5) is 0 Å². The summed E-state index contributed by atoms with van der Waals surface area (Å²) in [5.41, 5.74) is 4.26. The number of hydrogen-bond acceptors (Lipinski definition) is 2. The molecule has 0 aliphatic carbocycles. The van der Waals surface area contributed by atoms with Gasteiger partial charge in [-0.3, -0.25) is 4.79 Å². The molecule has 98 valence electrons. The standard InChI is InChI=1S/C17H13NO2/c1-10-6-7-15-12(8-10)17(19)16-13(9-20-15)11-4-2-3-5-14(11)18-16/h2-8,18H,9H2,1H3. The first-order valence-corrected chi connectivity index (χ1v) is 6.62. The Kier molecular flexibility index (Phi) is 2.24. The van der Waals surface area contributed by atoms with Gasteiger partial charge in [0.15, 0.2) is 0 Å². The molecule has 1 N–H and O–H groups in total. The largest absolute Gasteiger partial charge is 0.488 e. The molecule has 0 spiro atoms. The lowest BCUT2D eigenvalue weighted by atomic mass is 10.0. The number of aromatic amines is 1. The lowest BCUT2D eigenvalue weighted by molar-refractivity contribution is 0.103. The van der Waals surface area contributed by atoms with Crippen LogP contribution in [0.5, 0.6) is 5.75 Å². The van der Waals surface area contributed by atoms with E-state index in [4.69, 9.17) is 4.74 Å². The molecule has 0 amide bonds. The number of aryl methyl sites for hydroxylation is 1. The zero-order valence-electron chi connectivity index (χ0n) is 11.1. The van der Waals surface area contributed by atoms with Crippen LogP contribution >= 0.6 is 0 Å². The summed E-state index contributed by atoms with van der Waals surface area (Å²) in [5.74, 6) is 0.668. The van der Waals surface area contributed by atoms with Gasteiger partial charge in [-0.2, -0.15) is 0 Å². The highest BCUT2D eigenvalue weighted by atomic mass is 16.5. The molecule has 0 saturated carbocycles. The highest BCUT2D eigenvalue weighted by Crippen LogP contribution is 2.32. The minimum absolute atomic E-state index is 0.00685. The number of H-pyrrole nitrogens is 1. The Morgan fingerprint density at radius 3 is 2.90 bits per heavy atom. The van der Waals surface area contributed by atoms with Crippen molar-refractivity contribution in [3.63, 3.8) is 0 Å². The first kappa shape index (κ1) is 11.3. The average Bonchev–Trinajstić information content (AvgIpc) is 2.78. The van der Waals surface area contributed by atoms with Crippen LogP contribution in [0.3, 0.4) is 0 Å². The van der Waals surface area contributed by atoms with Gasteiger partial charge in [0.2, 0.25) is 5.78 Å². The molecule has 20 heavy (non-hydrogen) atoms. The number of carbonyl (C=O) groups is 1. The molecule has 0 bridgehead atoms. The summed E-state index contributed by atoms with van der Waals surface area (Å²) < 4.78 is 5.83. The fourth-order valence-electron chi connectivity index (χ4n) is 2.78. The lowest BCUT2D eigenvalue weighted by Gasteiger charge is -2.06. The molecule has 0 radical (unpaired) electrons. The van der Waals surface area contributed by atoms with Crippen molar-refractivity contribution in [1.29, 1.82) is 0 Å². The van der Waals surface area contributed by atoms with Crippen LogP contribution in [0.15, 0.2) is 42.5 Å². The van der Waals surface area contributed by atoms with Crippen LogP contribution in [0, 0.1) is 6.92 Å². The van der Waals surface area contributed by atoms with E-state index in [2.05, 4.69) is 4.98 Å². The van der Waals surface area contributed by atoms with Crippen LogP contribution in [-0.4, -0.2) is 10.8 Å². The minimum atomic E-state index is 0.00685. The topological polar surface area (TPSA) is 42.1 Å². The second kappa shape index (κ2) is 3.97. The van der Waals surface area contributed by atoms with E-state index in [0.29, 0.717) is 23.6 Å². The Hall–Kier alpha value is -2.55. The van der Waals surface area contributed by atoms with Gasteiger partial charge in [0.25, 0.3) is 0 Å². The van der Waals surface area contributed by atoms with E-state index >= 15 is 0 Å². The number of fused-ring (bicyclic) bond motifs is 4. The number of ketones is 1. The van der Waals surface area contributed by atoms with Crippen molar-refractivity contribution in [2.75, 3.05) is 0 Å². The predicted molar refractivity (Wildman–Crippen MR) is 77.2 cm³/mol. The molecule has 3 nitrogen and oxygen atoms in total. The van der Waals surface area contributed by atoms with Gasteiger partial charge in [-0.25, -0.2) is 0 Å². The van der Waals surface area contributed by atoms with E-state index < -0.39 is 0 Å². The van der Waals surface area contributed by atoms with Gasteiger partial charge in [-0.1, -0.05) is 29.8 Å². The number of nitrogens with one attached hydrogen (secondary N) is 1. The van der Waals surface area contributed by atoms with E-state index in [0.717, 1.165) is 22.0 Å². The van der Waals surface area contributed by atoms with E-state index in [-0.39, 0.29) is 5.78 Å². The Morgan fingerprint density at radius 2 is 2.00 bits per heavy atom. The number of para-hydroxylation sites is 1. The number of rotatable bonds is 0. The van der Waals surface area contributed by atoms with Crippen molar-refractivity contribution in [2.45, 2.75) is 13.5 Å². The second-order valence-electron chi connectivity index (χ2n) is 5.14. The van der Waals surface area contributed by atoms with E-state index in [1.165, 1.54) is 0 Å². The summed E-state index contributed by atoms with van der Waals surface area (Å²) in [6.45, 7) is 2.39. The molecule has 0 saturated heterocycles.